The van der Waals surface area contributed by atoms with Gasteiger partial charge >= 0.3 is 6.01 Å². The molecule has 0 aliphatic rings. The third-order valence-electron chi connectivity index (χ3n) is 3.39. The van der Waals surface area contributed by atoms with E-state index in [1.165, 1.54) is 0 Å². The van der Waals surface area contributed by atoms with Gasteiger partial charge in [-0.2, -0.15) is 10.1 Å². The summed E-state index contributed by atoms with van der Waals surface area (Å²) in [5.74, 6) is 1.25. The molecule has 24 heavy (non-hydrogen) atoms. The molecule has 2 aromatic heterocycles. The van der Waals surface area contributed by atoms with Crippen LogP contribution in [0.15, 0.2) is 67.0 Å². The molecule has 0 atom stereocenters. The highest BCUT2D eigenvalue weighted by molar-refractivity contribution is 5.53. The molecule has 0 aliphatic heterocycles. The van der Waals surface area contributed by atoms with E-state index < -0.39 is 0 Å². The van der Waals surface area contributed by atoms with Crippen molar-refractivity contribution >= 4 is 0 Å². The van der Waals surface area contributed by atoms with Gasteiger partial charge < -0.3 is 4.74 Å². The van der Waals surface area contributed by atoms with Gasteiger partial charge in [0.15, 0.2) is 18.3 Å². The second kappa shape index (κ2) is 6.33. The molecule has 4 rings (SSSR count). The monoisotopic (exact) mass is 318 g/mol. The summed E-state index contributed by atoms with van der Waals surface area (Å²) in [6.07, 6.45) is 1.61. The third kappa shape index (κ3) is 3.00. The largest absolute Gasteiger partial charge is 0.454 e. The zero-order chi connectivity index (χ0) is 16.2. The summed E-state index contributed by atoms with van der Waals surface area (Å²) in [5, 5.41) is 11.3. The lowest BCUT2D eigenvalue weighted by Crippen LogP contribution is -2.00. The number of ether oxygens (including phenoxy) is 1. The summed E-state index contributed by atoms with van der Waals surface area (Å²) in [4.78, 5) is 8.55. The highest BCUT2D eigenvalue weighted by Crippen LogP contribution is 2.14. The van der Waals surface area contributed by atoms with Crippen molar-refractivity contribution in [3.8, 4) is 23.1 Å². The Morgan fingerprint density at radius 3 is 2.50 bits per heavy atom. The summed E-state index contributed by atoms with van der Waals surface area (Å²) in [6.45, 7) is 0.221. The molecule has 7 nitrogen and oxygen atoms in total. The number of aromatic nitrogens is 6. The van der Waals surface area contributed by atoms with Crippen LogP contribution in [0.2, 0.25) is 0 Å². The standard InChI is InChI=1S/C17H14N6O/c1-3-7-13(8-4-1)16-19-15(20-21-16)11-24-17-18-12-23(22-17)14-9-5-2-6-10-14/h1-10,12H,11H2,(H,19,20,21). The van der Waals surface area contributed by atoms with E-state index >= 15 is 0 Å². The van der Waals surface area contributed by atoms with E-state index in [-0.39, 0.29) is 12.6 Å². The summed E-state index contributed by atoms with van der Waals surface area (Å²) in [7, 11) is 0. The Kier molecular flexibility index (Phi) is 3.73. The number of benzene rings is 2. The molecular weight excluding hydrogens is 304 g/mol. The fourth-order valence-corrected chi connectivity index (χ4v) is 2.23. The smallest absolute Gasteiger partial charge is 0.336 e. The summed E-state index contributed by atoms with van der Waals surface area (Å²) >= 11 is 0. The molecule has 0 amide bonds. The highest BCUT2D eigenvalue weighted by atomic mass is 16.5. The van der Waals surface area contributed by atoms with Crippen LogP contribution in [-0.2, 0) is 6.61 Å². The molecule has 0 unspecified atom stereocenters. The van der Waals surface area contributed by atoms with Crippen LogP contribution in [0.3, 0.4) is 0 Å². The van der Waals surface area contributed by atoms with Gasteiger partial charge in [0, 0.05) is 5.56 Å². The van der Waals surface area contributed by atoms with Gasteiger partial charge in [0.2, 0.25) is 0 Å². The fourth-order valence-electron chi connectivity index (χ4n) is 2.23. The predicted molar refractivity (Wildman–Crippen MR) is 87.5 cm³/mol. The van der Waals surface area contributed by atoms with Crippen LogP contribution < -0.4 is 4.74 Å². The second-order valence-electron chi connectivity index (χ2n) is 5.07. The number of rotatable bonds is 5. The molecule has 0 saturated heterocycles. The van der Waals surface area contributed by atoms with Crippen molar-refractivity contribution in [1.29, 1.82) is 0 Å². The van der Waals surface area contributed by atoms with Crippen molar-refractivity contribution in [1.82, 2.24) is 29.9 Å². The van der Waals surface area contributed by atoms with E-state index in [2.05, 4.69) is 25.3 Å². The van der Waals surface area contributed by atoms with E-state index in [0.29, 0.717) is 11.6 Å². The Hall–Kier alpha value is -3.48. The van der Waals surface area contributed by atoms with E-state index in [4.69, 9.17) is 4.74 Å². The Morgan fingerprint density at radius 2 is 1.71 bits per heavy atom. The van der Waals surface area contributed by atoms with Gasteiger partial charge in [-0.3, -0.25) is 5.10 Å². The maximum Gasteiger partial charge on any atom is 0.336 e. The molecule has 0 aliphatic carbocycles. The van der Waals surface area contributed by atoms with Crippen LogP contribution in [0, 0.1) is 0 Å². The first-order valence-corrected chi connectivity index (χ1v) is 7.45. The van der Waals surface area contributed by atoms with Crippen molar-refractivity contribution < 1.29 is 4.74 Å². The molecular formula is C17H14N6O. The van der Waals surface area contributed by atoms with Crippen molar-refractivity contribution in [2.75, 3.05) is 0 Å². The van der Waals surface area contributed by atoms with Crippen molar-refractivity contribution in [3.05, 3.63) is 72.8 Å². The predicted octanol–water partition coefficient (Wildman–Crippen LogP) is 2.63. The van der Waals surface area contributed by atoms with Crippen LogP contribution in [0.25, 0.3) is 17.1 Å². The van der Waals surface area contributed by atoms with E-state index in [9.17, 15) is 0 Å². The van der Waals surface area contributed by atoms with Gasteiger partial charge in [0.25, 0.3) is 0 Å². The molecule has 118 valence electrons. The number of hydrogen-bond donors (Lipinski definition) is 1. The number of H-pyrrole nitrogens is 1. The van der Waals surface area contributed by atoms with Crippen LogP contribution in [0.5, 0.6) is 6.01 Å². The van der Waals surface area contributed by atoms with Crippen LogP contribution in [0.1, 0.15) is 5.82 Å². The first kappa shape index (κ1) is 14.1. The molecule has 0 bridgehead atoms. The van der Waals surface area contributed by atoms with Gasteiger partial charge in [-0.1, -0.05) is 48.5 Å². The van der Waals surface area contributed by atoms with Crippen LogP contribution in [0.4, 0.5) is 0 Å². The summed E-state index contributed by atoms with van der Waals surface area (Å²) < 4.78 is 7.22. The average Bonchev–Trinajstić information content (AvgIpc) is 3.31. The summed E-state index contributed by atoms with van der Waals surface area (Å²) in [5.41, 5.74) is 1.87. The van der Waals surface area contributed by atoms with Crippen molar-refractivity contribution in [2.45, 2.75) is 6.61 Å². The van der Waals surface area contributed by atoms with E-state index in [1.807, 2.05) is 60.7 Å². The van der Waals surface area contributed by atoms with Crippen molar-refractivity contribution in [3.63, 3.8) is 0 Å². The third-order valence-corrected chi connectivity index (χ3v) is 3.39. The number of hydrogen-bond acceptors (Lipinski definition) is 5. The zero-order valence-corrected chi connectivity index (χ0v) is 12.7. The minimum absolute atomic E-state index is 0.221. The van der Waals surface area contributed by atoms with Gasteiger partial charge in [-0.25, -0.2) is 9.67 Å². The lowest BCUT2D eigenvalue weighted by Gasteiger charge is -1.99. The topological polar surface area (TPSA) is 81.5 Å². The minimum atomic E-state index is 0.221. The molecule has 0 saturated carbocycles. The first-order valence-electron chi connectivity index (χ1n) is 7.45. The molecule has 0 radical (unpaired) electrons. The van der Waals surface area contributed by atoms with E-state index in [1.54, 1.807) is 11.0 Å². The molecule has 0 spiro atoms. The molecule has 0 fully saturated rings. The van der Waals surface area contributed by atoms with Crippen molar-refractivity contribution in [2.24, 2.45) is 0 Å². The molecule has 2 aromatic carbocycles. The second-order valence-corrected chi connectivity index (χ2v) is 5.07. The Bertz CT molecular complexity index is 839. The van der Waals surface area contributed by atoms with Gasteiger partial charge in [0.1, 0.15) is 6.33 Å². The first-order chi connectivity index (χ1) is 11.9. The number of aromatic amines is 1. The van der Waals surface area contributed by atoms with Gasteiger partial charge in [-0.05, 0) is 12.1 Å². The quantitative estimate of drug-likeness (QED) is 0.612. The Morgan fingerprint density at radius 1 is 0.958 bits per heavy atom. The van der Waals surface area contributed by atoms with Crippen LogP contribution >= 0.6 is 0 Å². The number of nitrogens with zero attached hydrogens (tertiary/aromatic N) is 5. The molecule has 1 N–H and O–H groups in total. The number of nitrogens with one attached hydrogen (secondary N) is 1. The number of para-hydroxylation sites is 1. The van der Waals surface area contributed by atoms with Gasteiger partial charge in [-0.15, -0.1) is 5.10 Å². The Labute approximate surface area is 138 Å². The van der Waals surface area contributed by atoms with Crippen LogP contribution in [-0.4, -0.2) is 29.9 Å². The minimum Gasteiger partial charge on any atom is -0.454 e. The SMILES string of the molecule is c1ccc(-c2n[nH]c(COc3ncn(-c4ccccc4)n3)n2)cc1. The molecule has 4 aromatic rings. The fraction of sp³-hybridized carbons (Fsp3) is 0.0588. The summed E-state index contributed by atoms with van der Waals surface area (Å²) in [6, 6.07) is 19.8. The van der Waals surface area contributed by atoms with Gasteiger partial charge in [0.05, 0.1) is 5.69 Å². The zero-order valence-electron chi connectivity index (χ0n) is 12.7. The maximum absolute atomic E-state index is 5.57. The maximum atomic E-state index is 5.57. The normalized spacial score (nSPS) is 10.7. The lowest BCUT2D eigenvalue weighted by atomic mass is 10.2. The average molecular weight is 318 g/mol. The molecule has 2 heterocycles. The molecule has 7 heteroatoms. The van der Waals surface area contributed by atoms with E-state index in [0.717, 1.165) is 11.3 Å². The lowest BCUT2D eigenvalue weighted by molar-refractivity contribution is 0.272. The Balaban J connectivity index is 1.43. The highest BCUT2D eigenvalue weighted by Gasteiger charge is 2.08.